The van der Waals surface area contributed by atoms with Gasteiger partial charge >= 0.3 is 0 Å². The predicted molar refractivity (Wildman–Crippen MR) is 134 cm³/mol. The van der Waals surface area contributed by atoms with E-state index in [1.165, 1.54) is 17.7 Å². The van der Waals surface area contributed by atoms with E-state index in [1.54, 1.807) is 12.1 Å². The number of pyridine rings is 1. The summed E-state index contributed by atoms with van der Waals surface area (Å²) in [5, 5.41) is 0.157. The third-order valence-electron chi connectivity index (χ3n) is 6.31. The zero-order chi connectivity index (χ0) is 24.5. The van der Waals surface area contributed by atoms with Crippen molar-refractivity contribution in [2.24, 2.45) is 5.92 Å². The number of benzene rings is 2. The summed E-state index contributed by atoms with van der Waals surface area (Å²) >= 11 is 5.97. The number of halogens is 3. The normalized spacial score (nSPS) is 17.4. The molecule has 0 amide bonds. The van der Waals surface area contributed by atoms with Gasteiger partial charge in [-0.1, -0.05) is 68.8 Å². The molecule has 1 atom stereocenters. The van der Waals surface area contributed by atoms with E-state index in [-0.39, 0.29) is 21.9 Å². The minimum absolute atomic E-state index is 0.0444. The van der Waals surface area contributed by atoms with Gasteiger partial charge in [0, 0.05) is 24.4 Å². The second kappa shape index (κ2) is 9.85. The number of aromatic nitrogens is 1. The van der Waals surface area contributed by atoms with Crippen LogP contribution < -0.4 is 5.56 Å². The lowest BCUT2D eigenvalue weighted by molar-refractivity contribution is 0.323. The second-order valence-electron chi connectivity index (χ2n) is 9.99. The summed E-state index contributed by atoms with van der Waals surface area (Å²) in [6.07, 6.45) is 3.14. The smallest absolute Gasteiger partial charge is 0.267 e. The number of aromatic amines is 1. The van der Waals surface area contributed by atoms with Crippen LogP contribution in [0.5, 0.6) is 0 Å². The van der Waals surface area contributed by atoms with Crippen molar-refractivity contribution in [2.45, 2.75) is 39.2 Å². The number of likely N-dealkylation sites (tertiary alicyclic amines) is 1. The molecule has 6 heteroatoms. The highest BCUT2D eigenvalue weighted by atomic mass is 35.5. The molecule has 3 aromatic rings. The summed E-state index contributed by atoms with van der Waals surface area (Å²) < 4.78 is 26.9. The van der Waals surface area contributed by atoms with Crippen LogP contribution in [-0.2, 0) is 12.0 Å². The SMILES string of the molecule is CC(C)(C)c1ccc(C(=C[C@H]2CCN(Cc3ccc(F)c(F)c3)C2)c2ccc(Cl)c(=O)[nH]2)cc1. The molecule has 0 aliphatic carbocycles. The lowest BCUT2D eigenvalue weighted by Gasteiger charge is -2.20. The zero-order valence-corrected chi connectivity index (χ0v) is 20.4. The van der Waals surface area contributed by atoms with Crippen molar-refractivity contribution in [1.82, 2.24) is 9.88 Å². The molecule has 1 N–H and O–H groups in total. The minimum Gasteiger partial charge on any atom is -0.321 e. The maximum absolute atomic E-state index is 13.6. The zero-order valence-electron chi connectivity index (χ0n) is 19.7. The van der Waals surface area contributed by atoms with Crippen LogP contribution in [0.4, 0.5) is 8.78 Å². The molecule has 4 rings (SSSR count). The lowest BCUT2D eigenvalue weighted by Crippen LogP contribution is -2.20. The Balaban J connectivity index is 1.61. The Morgan fingerprint density at radius 1 is 1.09 bits per heavy atom. The number of hydrogen-bond donors (Lipinski definition) is 1. The molecule has 178 valence electrons. The summed E-state index contributed by atoms with van der Waals surface area (Å²) in [5.41, 5.74) is 4.41. The largest absolute Gasteiger partial charge is 0.321 e. The Morgan fingerprint density at radius 2 is 1.82 bits per heavy atom. The quantitative estimate of drug-likeness (QED) is 0.447. The summed E-state index contributed by atoms with van der Waals surface area (Å²) in [6.45, 7) is 8.74. The fourth-order valence-electron chi connectivity index (χ4n) is 4.38. The van der Waals surface area contributed by atoms with Crippen LogP contribution in [0.3, 0.4) is 0 Å². The molecule has 1 fully saturated rings. The monoisotopic (exact) mass is 482 g/mol. The first kappa shape index (κ1) is 24.4. The Labute approximate surface area is 204 Å². The highest BCUT2D eigenvalue weighted by Gasteiger charge is 2.23. The molecule has 0 bridgehead atoms. The molecule has 1 aliphatic rings. The van der Waals surface area contributed by atoms with Crippen LogP contribution in [0.2, 0.25) is 5.02 Å². The van der Waals surface area contributed by atoms with E-state index in [0.717, 1.165) is 41.9 Å². The van der Waals surface area contributed by atoms with Crippen LogP contribution in [0.15, 0.2) is 65.5 Å². The molecule has 3 nitrogen and oxygen atoms in total. The summed E-state index contributed by atoms with van der Waals surface area (Å²) in [6, 6.07) is 16.0. The average Bonchev–Trinajstić information content (AvgIpc) is 3.23. The van der Waals surface area contributed by atoms with E-state index in [1.807, 2.05) is 6.07 Å². The van der Waals surface area contributed by atoms with Crippen molar-refractivity contribution in [3.05, 3.63) is 110 Å². The van der Waals surface area contributed by atoms with Gasteiger partial charge < -0.3 is 4.98 Å². The highest BCUT2D eigenvalue weighted by Crippen LogP contribution is 2.30. The summed E-state index contributed by atoms with van der Waals surface area (Å²) in [4.78, 5) is 17.4. The van der Waals surface area contributed by atoms with Gasteiger partial charge in [0.2, 0.25) is 0 Å². The second-order valence-corrected chi connectivity index (χ2v) is 10.4. The predicted octanol–water partition coefficient (Wildman–Crippen LogP) is 6.56. The molecule has 0 radical (unpaired) electrons. The molecule has 1 aromatic heterocycles. The van der Waals surface area contributed by atoms with E-state index in [4.69, 9.17) is 11.6 Å². The molecular formula is C28H29ClF2N2O. The van der Waals surface area contributed by atoms with Crippen LogP contribution in [-0.4, -0.2) is 23.0 Å². The fourth-order valence-corrected chi connectivity index (χ4v) is 4.49. The molecule has 1 saturated heterocycles. The third kappa shape index (κ3) is 5.65. The number of nitrogens with one attached hydrogen (secondary N) is 1. The van der Waals surface area contributed by atoms with E-state index in [0.29, 0.717) is 6.54 Å². The third-order valence-corrected chi connectivity index (χ3v) is 6.61. The van der Waals surface area contributed by atoms with Crippen molar-refractivity contribution >= 4 is 17.2 Å². The van der Waals surface area contributed by atoms with E-state index in [9.17, 15) is 13.6 Å². The highest BCUT2D eigenvalue weighted by molar-refractivity contribution is 6.30. The molecule has 0 spiro atoms. The van der Waals surface area contributed by atoms with E-state index >= 15 is 0 Å². The Kier molecular flexibility index (Phi) is 7.06. The minimum atomic E-state index is -0.829. The van der Waals surface area contributed by atoms with Crippen LogP contribution in [0, 0.1) is 17.6 Å². The van der Waals surface area contributed by atoms with E-state index in [2.05, 4.69) is 61.0 Å². The standard InChI is InChI=1S/C28H29ClF2N2O/c1-28(2,3)21-7-5-20(6-8-21)22(26-11-9-23(29)27(34)32-26)14-19-12-13-33(17-19)16-18-4-10-24(30)25(31)15-18/h4-11,14-15,19H,12-13,16-17H2,1-3H3,(H,32,34)/t19-/m1/s1. The number of H-pyrrole nitrogens is 1. The van der Waals surface area contributed by atoms with Crippen molar-refractivity contribution in [3.8, 4) is 0 Å². The van der Waals surface area contributed by atoms with Gasteiger partial charge in [-0.3, -0.25) is 9.69 Å². The first-order chi connectivity index (χ1) is 16.1. The lowest BCUT2D eigenvalue weighted by atomic mass is 9.85. The van der Waals surface area contributed by atoms with Gasteiger partial charge in [0.15, 0.2) is 11.6 Å². The topological polar surface area (TPSA) is 36.1 Å². The molecule has 0 saturated carbocycles. The maximum Gasteiger partial charge on any atom is 0.267 e. The molecule has 1 aliphatic heterocycles. The fraction of sp³-hybridized carbons (Fsp3) is 0.321. The Hall–Kier alpha value is -2.76. The molecular weight excluding hydrogens is 454 g/mol. The molecule has 2 heterocycles. The van der Waals surface area contributed by atoms with Gasteiger partial charge in [-0.2, -0.15) is 0 Å². The summed E-state index contributed by atoms with van der Waals surface area (Å²) in [7, 11) is 0. The van der Waals surface area contributed by atoms with Gasteiger partial charge in [0.25, 0.3) is 5.56 Å². The Bertz CT molecular complexity index is 1260. The van der Waals surface area contributed by atoms with Crippen LogP contribution >= 0.6 is 11.6 Å². The molecule has 34 heavy (non-hydrogen) atoms. The maximum atomic E-state index is 13.6. The Morgan fingerprint density at radius 3 is 2.47 bits per heavy atom. The number of nitrogens with zero attached hydrogens (tertiary/aromatic N) is 1. The molecule has 0 unspecified atom stereocenters. The van der Waals surface area contributed by atoms with Gasteiger partial charge in [-0.25, -0.2) is 8.78 Å². The van der Waals surface area contributed by atoms with Gasteiger partial charge in [-0.05, 0) is 65.3 Å². The van der Waals surface area contributed by atoms with Crippen molar-refractivity contribution < 1.29 is 8.78 Å². The van der Waals surface area contributed by atoms with Gasteiger partial charge in [0.05, 0.1) is 0 Å². The van der Waals surface area contributed by atoms with E-state index < -0.39 is 11.6 Å². The van der Waals surface area contributed by atoms with Gasteiger partial charge in [0.1, 0.15) is 5.02 Å². The first-order valence-electron chi connectivity index (χ1n) is 11.5. The summed E-state index contributed by atoms with van der Waals surface area (Å²) in [5.74, 6) is -1.40. The van der Waals surface area contributed by atoms with Crippen molar-refractivity contribution in [2.75, 3.05) is 13.1 Å². The van der Waals surface area contributed by atoms with Crippen LogP contribution in [0.1, 0.15) is 49.6 Å². The number of hydrogen-bond acceptors (Lipinski definition) is 2. The average molecular weight is 483 g/mol. The van der Waals surface area contributed by atoms with Crippen LogP contribution in [0.25, 0.3) is 5.57 Å². The van der Waals surface area contributed by atoms with Crippen molar-refractivity contribution in [3.63, 3.8) is 0 Å². The van der Waals surface area contributed by atoms with Crippen molar-refractivity contribution in [1.29, 1.82) is 0 Å². The first-order valence-corrected chi connectivity index (χ1v) is 11.9. The molecule has 2 aromatic carbocycles. The number of rotatable bonds is 5. The van der Waals surface area contributed by atoms with Gasteiger partial charge in [-0.15, -0.1) is 0 Å².